The summed E-state index contributed by atoms with van der Waals surface area (Å²) >= 11 is 0. The van der Waals surface area contributed by atoms with Crippen LogP contribution in [0.2, 0.25) is 0 Å². The molecule has 7 atom stereocenters. The monoisotopic (exact) mass is 878 g/mol. The van der Waals surface area contributed by atoms with Gasteiger partial charge in [0.2, 0.25) is 11.8 Å². The highest BCUT2D eigenvalue weighted by Gasteiger charge is 2.76. The van der Waals surface area contributed by atoms with Crippen LogP contribution in [0.5, 0.6) is 17.2 Å². The smallest absolute Gasteiger partial charge is 0.329 e. The number of esters is 2. The van der Waals surface area contributed by atoms with Gasteiger partial charge in [0.15, 0.2) is 11.5 Å². The third kappa shape index (κ3) is 6.94. The number of fused-ring (bicyclic) bond motifs is 4. The second kappa shape index (κ2) is 17.1. The number of para-hydroxylation sites is 1. The van der Waals surface area contributed by atoms with Gasteiger partial charge in [0.1, 0.15) is 29.4 Å². The molecule has 4 aliphatic rings. The zero-order chi connectivity index (χ0) is 45.7. The van der Waals surface area contributed by atoms with E-state index < -0.39 is 77.3 Å². The van der Waals surface area contributed by atoms with E-state index in [1.165, 1.54) is 26.4 Å². The molecule has 5 aromatic carbocycles. The van der Waals surface area contributed by atoms with Crippen molar-refractivity contribution < 1.29 is 48.0 Å². The molecular formula is C51H50N4O10. The number of anilines is 1. The number of hydrogen-bond acceptors (Lipinski definition) is 11. The van der Waals surface area contributed by atoms with E-state index in [9.17, 15) is 14.7 Å². The number of ether oxygens (including phenoxy) is 4. The average molecular weight is 879 g/mol. The van der Waals surface area contributed by atoms with E-state index in [-0.39, 0.29) is 24.5 Å². The summed E-state index contributed by atoms with van der Waals surface area (Å²) in [4.78, 5) is 80.4. The molecule has 0 bridgehead atoms. The summed E-state index contributed by atoms with van der Waals surface area (Å²) in [6.07, 6.45) is -0.469. The normalized spacial score (nSPS) is 23.9. The van der Waals surface area contributed by atoms with Crippen molar-refractivity contribution in [1.82, 2.24) is 15.1 Å². The Labute approximate surface area is 376 Å². The molecule has 334 valence electrons. The fourth-order valence-corrected chi connectivity index (χ4v) is 10.6. The third-order valence-electron chi connectivity index (χ3n) is 13.5. The Morgan fingerprint density at radius 1 is 0.769 bits per heavy atom. The lowest BCUT2D eigenvalue weighted by atomic mass is 9.65. The van der Waals surface area contributed by atoms with E-state index in [1.54, 1.807) is 62.3 Å². The van der Waals surface area contributed by atoms with Crippen molar-refractivity contribution >= 4 is 35.5 Å². The summed E-state index contributed by atoms with van der Waals surface area (Å²) in [5.41, 5.74) is 2.26. The van der Waals surface area contributed by atoms with E-state index in [0.717, 1.165) is 21.6 Å². The zero-order valence-corrected chi connectivity index (χ0v) is 36.7. The quantitative estimate of drug-likeness (QED) is 0.154. The number of rotatable bonds is 9. The Morgan fingerprint density at radius 3 is 2.02 bits per heavy atom. The number of urea groups is 1. The maximum Gasteiger partial charge on any atom is 0.329 e. The number of nitrogens with one attached hydrogen (secondary N) is 1. The molecule has 0 radical (unpaired) electrons. The predicted molar refractivity (Wildman–Crippen MR) is 238 cm³/mol. The molecule has 2 saturated heterocycles. The summed E-state index contributed by atoms with van der Waals surface area (Å²) < 4.78 is 22.9. The highest BCUT2D eigenvalue weighted by molar-refractivity contribution is 6.25. The minimum absolute atomic E-state index is 0.0365. The Hall–Kier alpha value is -7.19. The number of amides is 4. The van der Waals surface area contributed by atoms with Crippen LogP contribution < -0.4 is 19.7 Å². The van der Waals surface area contributed by atoms with E-state index in [4.69, 9.17) is 18.9 Å². The predicted octanol–water partition coefficient (Wildman–Crippen LogP) is 6.57. The molecule has 14 heteroatoms. The van der Waals surface area contributed by atoms with Crippen LogP contribution in [-0.4, -0.2) is 84.6 Å². The molecule has 5 aromatic rings. The Kier molecular flexibility index (Phi) is 11.3. The first-order chi connectivity index (χ1) is 31.4. The van der Waals surface area contributed by atoms with Crippen molar-refractivity contribution in [3.05, 3.63) is 155 Å². The molecule has 65 heavy (non-hydrogen) atoms. The van der Waals surface area contributed by atoms with Crippen LogP contribution >= 0.6 is 0 Å². The molecule has 2 fully saturated rings. The number of methoxy groups -OCH3 is 3. The zero-order valence-electron chi connectivity index (χ0n) is 36.7. The van der Waals surface area contributed by atoms with Crippen molar-refractivity contribution in [2.24, 2.45) is 11.8 Å². The number of nitrogens with zero attached hydrogens (tertiary/aromatic N) is 3. The van der Waals surface area contributed by atoms with Gasteiger partial charge in [0.05, 0.1) is 45.0 Å². The first kappa shape index (κ1) is 43.1. The molecule has 0 aromatic heterocycles. The lowest BCUT2D eigenvalue weighted by Gasteiger charge is -2.46. The van der Waals surface area contributed by atoms with Crippen LogP contribution in [0.3, 0.4) is 0 Å². The lowest BCUT2D eigenvalue weighted by Crippen LogP contribution is -2.58. The van der Waals surface area contributed by atoms with Gasteiger partial charge in [0, 0.05) is 13.1 Å². The number of carbonyl (C=O) groups excluding carboxylic acids is 5. The van der Waals surface area contributed by atoms with Gasteiger partial charge >= 0.3 is 18.0 Å². The highest BCUT2D eigenvalue weighted by atomic mass is 16.6. The fourth-order valence-electron chi connectivity index (χ4n) is 10.6. The SMILES string of the molecule is COC(=O)C(NC(=O)N1C(=O)C2(c3ccccc31)C(C(=O)N1CCc3cc(OC)c(OC)cc3C1)C1C(=O)OC(c3ccccc3)C(c3ccccc3)N1C2c1ccc(O)cc1)C(C)C. The van der Waals surface area contributed by atoms with Gasteiger partial charge in [-0.1, -0.05) is 105 Å². The van der Waals surface area contributed by atoms with Gasteiger partial charge < -0.3 is 34.3 Å². The van der Waals surface area contributed by atoms with Crippen LogP contribution in [0, 0.1) is 11.8 Å². The summed E-state index contributed by atoms with van der Waals surface area (Å²) in [6.45, 7) is 3.85. The van der Waals surface area contributed by atoms with E-state index in [2.05, 4.69) is 5.32 Å². The van der Waals surface area contributed by atoms with Crippen LogP contribution in [0.4, 0.5) is 10.5 Å². The van der Waals surface area contributed by atoms with Gasteiger partial charge in [0.25, 0.3) is 0 Å². The first-order valence-corrected chi connectivity index (χ1v) is 21.7. The molecular weight excluding hydrogens is 829 g/mol. The third-order valence-corrected chi connectivity index (χ3v) is 13.5. The van der Waals surface area contributed by atoms with E-state index >= 15 is 14.4 Å². The number of phenolic OH excluding ortho intramolecular Hbond substituents is 1. The Morgan fingerprint density at radius 2 is 1.38 bits per heavy atom. The fraction of sp³-hybridized carbons (Fsp3) is 0.314. The van der Waals surface area contributed by atoms with Crippen molar-refractivity contribution in [3.8, 4) is 17.2 Å². The number of phenols is 1. The first-order valence-electron chi connectivity index (χ1n) is 21.7. The van der Waals surface area contributed by atoms with Crippen LogP contribution in [0.1, 0.15) is 65.4 Å². The number of aromatic hydroxyl groups is 1. The molecule has 14 nitrogen and oxygen atoms in total. The van der Waals surface area contributed by atoms with Gasteiger partial charge in [-0.3, -0.25) is 19.3 Å². The molecule has 0 saturated carbocycles. The molecule has 0 aliphatic carbocycles. The van der Waals surface area contributed by atoms with Crippen LogP contribution in [0.15, 0.2) is 121 Å². The number of hydrogen-bond donors (Lipinski definition) is 2. The molecule has 4 aliphatic heterocycles. The topological polar surface area (TPSA) is 164 Å². The Balaban J connectivity index is 1.31. The maximum absolute atomic E-state index is 16.4. The summed E-state index contributed by atoms with van der Waals surface area (Å²) in [5, 5.41) is 13.5. The maximum atomic E-state index is 16.4. The van der Waals surface area contributed by atoms with Gasteiger partial charge in [-0.15, -0.1) is 0 Å². The molecule has 7 unspecified atom stereocenters. The number of cyclic esters (lactones) is 1. The highest BCUT2D eigenvalue weighted by Crippen LogP contribution is 2.66. The minimum atomic E-state index is -1.99. The average Bonchev–Trinajstić information content (AvgIpc) is 3.79. The molecule has 4 amide bonds. The number of imide groups is 1. The number of benzene rings is 5. The second-order valence-electron chi connectivity index (χ2n) is 17.2. The number of carbonyl (C=O) groups is 5. The van der Waals surface area contributed by atoms with Crippen molar-refractivity contribution in [3.63, 3.8) is 0 Å². The summed E-state index contributed by atoms with van der Waals surface area (Å²) in [6, 6.07) is 30.4. The largest absolute Gasteiger partial charge is 0.508 e. The van der Waals surface area contributed by atoms with Crippen molar-refractivity contribution in [2.75, 3.05) is 32.8 Å². The van der Waals surface area contributed by atoms with Crippen LogP contribution in [0.25, 0.3) is 0 Å². The summed E-state index contributed by atoms with van der Waals surface area (Å²) in [5.74, 6) is -3.59. The Bertz CT molecular complexity index is 2660. The second-order valence-corrected chi connectivity index (χ2v) is 17.2. The molecule has 4 heterocycles. The van der Waals surface area contributed by atoms with Crippen molar-refractivity contribution in [2.45, 2.75) is 62.5 Å². The van der Waals surface area contributed by atoms with E-state index in [1.807, 2.05) is 77.7 Å². The molecule has 1 spiro atoms. The van der Waals surface area contributed by atoms with Crippen LogP contribution in [-0.2, 0) is 47.0 Å². The van der Waals surface area contributed by atoms with Gasteiger partial charge in [-0.2, -0.15) is 0 Å². The lowest BCUT2D eigenvalue weighted by molar-refractivity contribution is -0.179. The van der Waals surface area contributed by atoms with Gasteiger partial charge in [-0.05, 0) is 76.1 Å². The summed E-state index contributed by atoms with van der Waals surface area (Å²) in [7, 11) is 4.32. The standard InChI is InChI=1S/C51H50N4O10/c1-29(2)41(47(58)64-5)52-50(61)54-37-19-13-12-18-36(37)51(49(54)60)40(46(57)53-25-24-33-26-38(62-3)39(63-4)27-34(33)28-53)43-48(59)65-44(31-16-10-7-11-17-31)42(30-14-8-6-9-15-30)55(43)45(51)32-20-22-35(56)23-21-32/h6-23,26-27,29,40-45,56H,24-25,28H2,1-5H3,(H,52,61). The minimum Gasteiger partial charge on any atom is -0.508 e. The van der Waals surface area contributed by atoms with E-state index in [0.29, 0.717) is 34.6 Å². The number of morpholine rings is 1. The molecule has 2 N–H and O–H groups in total. The van der Waals surface area contributed by atoms with Crippen molar-refractivity contribution in [1.29, 1.82) is 0 Å². The van der Waals surface area contributed by atoms with Gasteiger partial charge in [-0.25, -0.2) is 14.5 Å². The molecule has 9 rings (SSSR count).